The number of thioether (sulfide) groups is 1. The first-order valence-electron chi connectivity index (χ1n) is 8.36. The summed E-state index contributed by atoms with van der Waals surface area (Å²) in [7, 11) is 0. The Kier molecular flexibility index (Phi) is 4.12. The van der Waals surface area contributed by atoms with Crippen LogP contribution in [0.15, 0.2) is 36.4 Å². The van der Waals surface area contributed by atoms with Gasteiger partial charge in [-0.05, 0) is 55.9 Å². The van der Waals surface area contributed by atoms with Gasteiger partial charge in [0.05, 0.1) is 16.6 Å². The maximum atomic E-state index is 12.5. The minimum absolute atomic E-state index is 0.0843. The van der Waals surface area contributed by atoms with Crippen molar-refractivity contribution in [1.29, 1.82) is 0 Å². The van der Waals surface area contributed by atoms with Gasteiger partial charge < -0.3 is 5.32 Å². The van der Waals surface area contributed by atoms with Crippen molar-refractivity contribution in [2.75, 3.05) is 11.1 Å². The highest BCUT2D eigenvalue weighted by molar-refractivity contribution is 8.00. The summed E-state index contributed by atoms with van der Waals surface area (Å²) in [6.45, 7) is 0. The van der Waals surface area contributed by atoms with Crippen LogP contribution in [0, 0.1) is 5.92 Å². The zero-order chi connectivity index (χ0) is 15.6. The van der Waals surface area contributed by atoms with Crippen LogP contribution in [0.1, 0.15) is 31.4 Å². The van der Waals surface area contributed by atoms with E-state index in [2.05, 4.69) is 5.32 Å². The van der Waals surface area contributed by atoms with Gasteiger partial charge in [-0.2, -0.15) is 5.10 Å². The second kappa shape index (κ2) is 6.40. The predicted molar refractivity (Wildman–Crippen MR) is 94.1 cm³/mol. The van der Waals surface area contributed by atoms with E-state index in [9.17, 15) is 4.79 Å². The third-order valence-corrected chi connectivity index (χ3v) is 5.81. The monoisotopic (exact) mass is 327 g/mol. The van der Waals surface area contributed by atoms with Gasteiger partial charge in [0.2, 0.25) is 5.91 Å². The first-order valence-corrected chi connectivity index (χ1v) is 9.41. The van der Waals surface area contributed by atoms with E-state index in [1.165, 1.54) is 12.8 Å². The molecule has 0 spiro atoms. The summed E-state index contributed by atoms with van der Waals surface area (Å²) < 4.78 is 1.87. The van der Waals surface area contributed by atoms with Crippen LogP contribution in [0.25, 0.3) is 5.69 Å². The lowest BCUT2D eigenvalue weighted by Crippen LogP contribution is -2.24. The van der Waals surface area contributed by atoms with Crippen LogP contribution in [-0.4, -0.2) is 26.7 Å². The summed E-state index contributed by atoms with van der Waals surface area (Å²) in [5.74, 6) is 2.78. The normalized spacial score (nSPS) is 20.6. The molecule has 4 rings (SSSR count). The molecule has 1 N–H and O–H groups in total. The number of aromatic nitrogens is 2. The fraction of sp³-hybridized carbons (Fsp3) is 0.444. The number of nitrogens with one attached hydrogen (secondary N) is 1. The van der Waals surface area contributed by atoms with Gasteiger partial charge in [0.25, 0.3) is 0 Å². The summed E-state index contributed by atoms with van der Waals surface area (Å²) in [5.41, 5.74) is 2.06. The number of carbonyl (C=O) groups excluding carboxylic acids is 1. The third kappa shape index (κ3) is 3.44. The molecule has 4 nitrogen and oxygen atoms in total. The third-order valence-electron chi connectivity index (χ3n) is 4.43. The van der Waals surface area contributed by atoms with Gasteiger partial charge in [-0.25, -0.2) is 4.68 Å². The molecule has 2 aromatic rings. The molecule has 1 aliphatic carbocycles. The topological polar surface area (TPSA) is 46.9 Å². The van der Waals surface area contributed by atoms with Crippen LogP contribution < -0.4 is 5.32 Å². The molecule has 2 fully saturated rings. The Morgan fingerprint density at radius 2 is 2.09 bits per heavy atom. The fourth-order valence-corrected chi connectivity index (χ4v) is 4.16. The van der Waals surface area contributed by atoms with Gasteiger partial charge in [-0.15, -0.1) is 11.8 Å². The van der Waals surface area contributed by atoms with E-state index in [-0.39, 0.29) is 11.2 Å². The smallest absolute Gasteiger partial charge is 0.238 e. The van der Waals surface area contributed by atoms with Crippen molar-refractivity contribution in [2.24, 2.45) is 5.92 Å². The van der Waals surface area contributed by atoms with Gasteiger partial charge in [-0.3, -0.25) is 4.79 Å². The highest BCUT2D eigenvalue weighted by Gasteiger charge is 2.26. The molecule has 0 bridgehead atoms. The first kappa shape index (κ1) is 14.8. The molecule has 1 aliphatic heterocycles. The van der Waals surface area contributed by atoms with E-state index >= 15 is 0 Å². The number of para-hydroxylation sites is 1. The summed E-state index contributed by atoms with van der Waals surface area (Å²) in [6.07, 6.45) is 5.73. The minimum Gasteiger partial charge on any atom is -0.310 e. The lowest BCUT2D eigenvalue weighted by molar-refractivity contribution is -0.115. The molecule has 1 unspecified atom stereocenters. The summed E-state index contributed by atoms with van der Waals surface area (Å²) in [4.78, 5) is 12.5. The van der Waals surface area contributed by atoms with Gasteiger partial charge in [0.1, 0.15) is 5.82 Å². The summed E-state index contributed by atoms with van der Waals surface area (Å²) in [5, 5.41) is 7.93. The van der Waals surface area contributed by atoms with Crippen molar-refractivity contribution >= 4 is 23.5 Å². The number of anilines is 1. The number of hydrogen-bond acceptors (Lipinski definition) is 3. The summed E-state index contributed by atoms with van der Waals surface area (Å²) in [6, 6.07) is 12.1. The van der Waals surface area contributed by atoms with Crippen LogP contribution in [0.4, 0.5) is 5.82 Å². The van der Waals surface area contributed by atoms with Crippen molar-refractivity contribution < 1.29 is 4.79 Å². The van der Waals surface area contributed by atoms with Gasteiger partial charge >= 0.3 is 0 Å². The van der Waals surface area contributed by atoms with Crippen molar-refractivity contribution in [3.8, 4) is 5.69 Å². The van der Waals surface area contributed by atoms with Crippen molar-refractivity contribution in [1.82, 2.24) is 9.78 Å². The molecule has 1 aromatic heterocycles. The first-order chi connectivity index (χ1) is 11.3. The molecule has 1 aromatic carbocycles. The Balaban J connectivity index is 1.60. The molecule has 120 valence electrons. The molecule has 1 saturated carbocycles. The fourth-order valence-electron chi connectivity index (χ4n) is 2.99. The van der Waals surface area contributed by atoms with E-state index in [1.807, 2.05) is 41.1 Å². The maximum absolute atomic E-state index is 12.5. The summed E-state index contributed by atoms with van der Waals surface area (Å²) >= 11 is 1.76. The molecule has 1 atom stereocenters. The van der Waals surface area contributed by atoms with Crippen LogP contribution in [0.2, 0.25) is 0 Å². The van der Waals surface area contributed by atoms with E-state index in [0.29, 0.717) is 0 Å². The standard InChI is InChI=1S/C18H21N3OS/c22-18(16-7-4-10-23-16)19-17-12-14(11-13-8-9-13)20-21(17)15-5-2-1-3-6-15/h1-3,5-6,12-13,16H,4,7-11H2,(H,19,22). The van der Waals surface area contributed by atoms with Crippen molar-refractivity contribution in [2.45, 2.75) is 37.4 Å². The molecule has 2 heterocycles. The van der Waals surface area contributed by atoms with E-state index < -0.39 is 0 Å². The highest BCUT2D eigenvalue weighted by Crippen LogP contribution is 2.33. The van der Waals surface area contributed by atoms with Crippen LogP contribution >= 0.6 is 11.8 Å². The average molecular weight is 327 g/mol. The Labute approximate surface area is 140 Å². The molecule has 1 amide bonds. The molecule has 1 saturated heterocycles. The van der Waals surface area contributed by atoms with Crippen LogP contribution in [-0.2, 0) is 11.2 Å². The Hall–Kier alpha value is -1.75. The largest absolute Gasteiger partial charge is 0.310 e. The zero-order valence-electron chi connectivity index (χ0n) is 13.1. The number of rotatable bonds is 5. The molecule has 2 aliphatic rings. The molecular formula is C18H21N3OS. The number of carbonyl (C=O) groups is 1. The SMILES string of the molecule is O=C(Nc1cc(CC2CC2)nn1-c1ccccc1)C1CCCS1. The number of nitrogens with zero attached hydrogens (tertiary/aromatic N) is 2. The highest BCUT2D eigenvalue weighted by atomic mass is 32.2. The number of benzene rings is 1. The van der Waals surface area contributed by atoms with Crippen molar-refractivity contribution in [3.05, 3.63) is 42.1 Å². The predicted octanol–water partition coefficient (Wildman–Crippen LogP) is 3.66. The Bertz CT molecular complexity index is 688. The second-order valence-electron chi connectivity index (χ2n) is 6.41. The molecule has 5 heteroatoms. The van der Waals surface area contributed by atoms with E-state index in [0.717, 1.165) is 48.1 Å². The Morgan fingerprint density at radius 1 is 1.26 bits per heavy atom. The van der Waals surface area contributed by atoms with Gasteiger partial charge in [0.15, 0.2) is 0 Å². The van der Waals surface area contributed by atoms with E-state index in [4.69, 9.17) is 5.10 Å². The minimum atomic E-state index is 0.0843. The quantitative estimate of drug-likeness (QED) is 0.911. The Morgan fingerprint density at radius 3 is 2.78 bits per heavy atom. The van der Waals surface area contributed by atoms with Crippen LogP contribution in [0.3, 0.4) is 0 Å². The lowest BCUT2D eigenvalue weighted by Gasteiger charge is -2.11. The van der Waals surface area contributed by atoms with Crippen molar-refractivity contribution in [3.63, 3.8) is 0 Å². The molecule has 0 radical (unpaired) electrons. The number of amides is 1. The molecular weight excluding hydrogens is 306 g/mol. The lowest BCUT2D eigenvalue weighted by atomic mass is 10.2. The van der Waals surface area contributed by atoms with Gasteiger partial charge in [0, 0.05) is 6.07 Å². The van der Waals surface area contributed by atoms with E-state index in [1.54, 1.807) is 11.8 Å². The van der Waals surface area contributed by atoms with Crippen LogP contribution in [0.5, 0.6) is 0 Å². The number of hydrogen-bond donors (Lipinski definition) is 1. The van der Waals surface area contributed by atoms with Gasteiger partial charge in [-0.1, -0.05) is 18.2 Å². The average Bonchev–Trinajstić information content (AvgIpc) is 3.07. The molecule has 23 heavy (non-hydrogen) atoms. The maximum Gasteiger partial charge on any atom is 0.238 e. The zero-order valence-corrected chi connectivity index (χ0v) is 13.9. The second-order valence-corrected chi connectivity index (χ2v) is 7.72.